The maximum absolute atomic E-state index is 5.47. The summed E-state index contributed by atoms with van der Waals surface area (Å²) in [5, 5.41) is 0. The number of thiol groups is 1. The highest BCUT2D eigenvalue weighted by Gasteiger charge is 2.05. The molecule has 0 aromatic heterocycles. The minimum atomic E-state index is -0.187. The zero-order chi connectivity index (χ0) is 9.94. The molecule has 0 aliphatic carbocycles. The van der Waals surface area contributed by atoms with E-state index in [1.165, 1.54) is 12.5 Å². The fraction of sp³-hybridized carbons (Fsp3) is 1.00. The molecule has 0 aliphatic rings. The molecule has 80 valence electrons. The van der Waals surface area contributed by atoms with E-state index >= 15 is 0 Å². The van der Waals surface area contributed by atoms with Crippen LogP contribution in [0.25, 0.3) is 0 Å². The first-order chi connectivity index (χ1) is 6.35. The van der Waals surface area contributed by atoms with Crippen LogP contribution in [0.1, 0.15) is 6.42 Å². The highest BCUT2D eigenvalue weighted by atomic mass is 32.1. The molecule has 0 radical (unpaired) electrons. The molecule has 0 aromatic carbocycles. The smallest absolute Gasteiger partial charge is 0.180 e. The minimum absolute atomic E-state index is 0.0754. The number of hydrogen-bond acceptors (Lipinski definition) is 4. The van der Waals surface area contributed by atoms with Crippen LogP contribution in [0, 0.1) is 0 Å². The first-order valence-corrected chi connectivity index (χ1v) is 7.22. The molecule has 5 heteroatoms. The van der Waals surface area contributed by atoms with Crippen LogP contribution in [0.4, 0.5) is 0 Å². The fourth-order valence-electron chi connectivity index (χ4n) is 0.926. The van der Waals surface area contributed by atoms with Gasteiger partial charge in [-0.05, 0) is 12.2 Å². The lowest BCUT2D eigenvalue weighted by Crippen LogP contribution is -2.23. The van der Waals surface area contributed by atoms with Crippen LogP contribution in [0.5, 0.6) is 0 Å². The van der Waals surface area contributed by atoms with Crippen molar-refractivity contribution in [2.75, 3.05) is 32.8 Å². The molecular formula is C8H20O3SSi. The Morgan fingerprint density at radius 3 is 2.69 bits per heavy atom. The Bertz CT molecular complexity index is 105. The van der Waals surface area contributed by atoms with E-state index in [9.17, 15) is 0 Å². The first kappa shape index (κ1) is 13.4. The van der Waals surface area contributed by atoms with Gasteiger partial charge in [-0.2, -0.15) is 12.6 Å². The summed E-state index contributed by atoms with van der Waals surface area (Å²) in [6, 6.07) is 1.30. The van der Waals surface area contributed by atoms with E-state index in [2.05, 4.69) is 12.6 Å². The quantitative estimate of drug-likeness (QED) is 0.267. The topological polar surface area (TPSA) is 27.7 Å². The lowest BCUT2D eigenvalue weighted by molar-refractivity contribution is -0.140. The molecule has 0 aromatic rings. The Morgan fingerprint density at radius 2 is 2.15 bits per heavy atom. The predicted molar refractivity (Wildman–Crippen MR) is 60.4 cm³/mol. The van der Waals surface area contributed by atoms with Gasteiger partial charge in [-0.1, -0.05) is 6.04 Å². The summed E-state index contributed by atoms with van der Waals surface area (Å²) in [5.41, 5.74) is 0. The van der Waals surface area contributed by atoms with Crippen molar-refractivity contribution in [1.82, 2.24) is 0 Å². The van der Waals surface area contributed by atoms with E-state index in [-0.39, 0.29) is 15.8 Å². The van der Waals surface area contributed by atoms with Gasteiger partial charge in [0.1, 0.15) is 0 Å². The van der Waals surface area contributed by atoms with Crippen molar-refractivity contribution in [1.29, 1.82) is 0 Å². The van der Waals surface area contributed by atoms with Gasteiger partial charge < -0.3 is 14.2 Å². The van der Waals surface area contributed by atoms with Crippen LogP contribution >= 0.6 is 12.6 Å². The molecule has 0 bridgehead atoms. The molecule has 0 saturated heterocycles. The van der Waals surface area contributed by atoms with Crippen LogP contribution in [0.2, 0.25) is 6.04 Å². The second kappa shape index (κ2) is 10.5. The number of rotatable bonds is 9. The molecule has 0 N–H and O–H groups in total. The number of methoxy groups -OCH3 is 2. The summed E-state index contributed by atoms with van der Waals surface area (Å²) in [5.74, 6) is 0.985. The van der Waals surface area contributed by atoms with Crippen molar-refractivity contribution in [3.05, 3.63) is 0 Å². The maximum Gasteiger partial charge on any atom is 0.180 e. The van der Waals surface area contributed by atoms with Crippen molar-refractivity contribution in [3.63, 3.8) is 0 Å². The third-order valence-corrected chi connectivity index (χ3v) is 3.51. The van der Waals surface area contributed by atoms with Gasteiger partial charge in [-0.3, -0.25) is 0 Å². The molecule has 3 nitrogen and oxygen atoms in total. The number of hydrogen-bond donors (Lipinski definition) is 1. The molecule has 0 fully saturated rings. The third kappa shape index (κ3) is 8.77. The molecule has 0 aliphatic heterocycles. The van der Waals surface area contributed by atoms with Crippen LogP contribution in [0.3, 0.4) is 0 Å². The molecule has 1 unspecified atom stereocenters. The molecule has 0 heterocycles. The van der Waals surface area contributed by atoms with Gasteiger partial charge >= 0.3 is 0 Å². The Balaban J connectivity index is 3.17. The second-order valence-corrected chi connectivity index (χ2v) is 5.05. The fourth-order valence-corrected chi connectivity index (χ4v) is 2.81. The summed E-state index contributed by atoms with van der Waals surface area (Å²) in [6.45, 7) is 0.511. The molecule has 0 amide bonds. The zero-order valence-electron chi connectivity index (χ0n) is 8.49. The molecule has 0 saturated carbocycles. The Hall–Kier alpha value is 0.447. The Kier molecular flexibility index (Phi) is 10.9. The highest BCUT2D eigenvalue weighted by Crippen LogP contribution is 1.95. The van der Waals surface area contributed by atoms with Crippen LogP contribution in [-0.4, -0.2) is 48.6 Å². The van der Waals surface area contributed by atoms with Gasteiger partial charge in [0, 0.05) is 20.4 Å². The summed E-state index contributed by atoms with van der Waals surface area (Å²) >= 11 is 4.15. The van der Waals surface area contributed by atoms with Gasteiger partial charge in [-0.25, -0.2) is 0 Å². The molecule has 0 rings (SSSR count). The van der Waals surface area contributed by atoms with E-state index in [1.54, 1.807) is 14.2 Å². The van der Waals surface area contributed by atoms with Crippen molar-refractivity contribution in [2.24, 2.45) is 0 Å². The van der Waals surface area contributed by atoms with Gasteiger partial charge in [0.15, 0.2) is 6.29 Å². The summed E-state index contributed by atoms with van der Waals surface area (Å²) < 4.78 is 15.5. The standard InChI is InChI=1S/C8H20O3SSi/c1-9-6-8(10-2)11-7-13-5-3-4-12/h8,12H,3-7,13H2,1-2H3. The van der Waals surface area contributed by atoms with E-state index in [0.29, 0.717) is 6.61 Å². The van der Waals surface area contributed by atoms with E-state index in [0.717, 1.165) is 12.0 Å². The van der Waals surface area contributed by atoms with Crippen LogP contribution in [0.15, 0.2) is 0 Å². The Morgan fingerprint density at radius 1 is 1.38 bits per heavy atom. The van der Waals surface area contributed by atoms with Crippen molar-refractivity contribution < 1.29 is 14.2 Å². The average molecular weight is 224 g/mol. The van der Waals surface area contributed by atoms with Gasteiger partial charge in [0.05, 0.1) is 16.1 Å². The minimum Gasteiger partial charge on any atom is -0.379 e. The SMILES string of the molecule is COCC(OC)OC[SiH2]CCCS. The number of ether oxygens (including phenoxy) is 3. The molecule has 0 spiro atoms. The third-order valence-electron chi connectivity index (χ3n) is 1.67. The predicted octanol–water partition coefficient (Wildman–Crippen LogP) is 0.486. The molecule has 1 atom stereocenters. The van der Waals surface area contributed by atoms with Crippen LogP contribution in [-0.2, 0) is 14.2 Å². The van der Waals surface area contributed by atoms with Crippen molar-refractivity contribution in [2.45, 2.75) is 18.8 Å². The van der Waals surface area contributed by atoms with Crippen LogP contribution < -0.4 is 0 Å². The zero-order valence-corrected chi connectivity index (χ0v) is 10.8. The Labute approximate surface area is 88.4 Å². The lowest BCUT2D eigenvalue weighted by atomic mass is 10.6. The average Bonchev–Trinajstić information content (AvgIpc) is 2.16. The summed E-state index contributed by atoms with van der Waals surface area (Å²) in [6.07, 6.45) is 1.89. The van der Waals surface area contributed by atoms with E-state index in [4.69, 9.17) is 14.2 Å². The summed E-state index contributed by atoms with van der Waals surface area (Å²) in [4.78, 5) is 0. The van der Waals surface area contributed by atoms with Crippen molar-refractivity contribution >= 4 is 22.1 Å². The monoisotopic (exact) mass is 224 g/mol. The molecular weight excluding hydrogens is 204 g/mol. The van der Waals surface area contributed by atoms with Gasteiger partial charge in [0.2, 0.25) is 0 Å². The van der Waals surface area contributed by atoms with Crippen molar-refractivity contribution in [3.8, 4) is 0 Å². The van der Waals surface area contributed by atoms with E-state index in [1.807, 2.05) is 0 Å². The summed E-state index contributed by atoms with van der Waals surface area (Å²) in [7, 11) is 3.21. The highest BCUT2D eigenvalue weighted by molar-refractivity contribution is 7.80. The molecule has 13 heavy (non-hydrogen) atoms. The maximum atomic E-state index is 5.47. The van der Waals surface area contributed by atoms with Gasteiger partial charge in [0.25, 0.3) is 0 Å². The van der Waals surface area contributed by atoms with E-state index < -0.39 is 0 Å². The second-order valence-electron chi connectivity index (χ2n) is 2.78. The lowest BCUT2D eigenvalue weighted by Gasteiger charge is -2.14. The first-order valence-electron chi connectivity index (χ1n) is 4.59. The normalized spacial score (nSPS) is 14.1. The van der Waals surface area contributed by atoms with Gasteiger partial charge in [-0.15, -0.1) is 0 Å². The largest absolute Gasteiger partial charge is 0.379 e.